The molecule has 0 radical (unpaired) electrons. The second kappa shape index (κ2) is 12.4. The van der Waals surface area contributed by atoms with E-state index in [-0.39, 0.29) is 35.0 Å². The van der Waals surface area contributed by atoms with Crippen LogP contribution in [0.3, 0.4) is 0 Å². The first-order valence-electron chi connectivity index (χ1n) is 13.5. The van der Waals surface area contributed by atoms with Crippen molar-refractivity contribution >= 4 is 5.78 Å². The molecular weight excluding hydrogens is 576 g/mol. The number of phenolic OH excluding ortho intramolecular Hbond substituents is 2. The number of hydrogen-bond donors (Lipinski definition) is 8. The summed E-state index contributed by atoms with van der Waals surface area (Å²) >= 11 is 0. The summed E-state index contributed by atoms with van der Waals surface area (Å²) in [6.45, 7) is 0.964. The Kier molecular flexibility index (Phi) is 8.99. The van der Waals surface area contributed by atoms with Gasteiger partial charge in [0.15, 0.2) is 23.6 Å². The van der Waals surface area contributed by atoms with Gasteiger partial charge in [-0.15, -0.1) is 0 Å². The molecule has 2 aromatic carbocycles. The Bertz CT molecular complexity index is 1320. The van der Waals surface area contributed by atoms with Crippen molar-refractivity contribution in [1.82, 2.24) is 0 Å². The lowest BCUT2D eigenvalue weighted by Gasteiger charge is -2.42. The van der Waals surface area contributed by atoms with Crippen LogP contribution >= 0.6 is 0 Å². The minimum Gasteiger partial charge on any atom is -0.507 e. The molecule has 236 valence electrons. The summed E-state index contributed by atoms with van der Waals surface area (Å²) in [5.74, 6) is -0.999. The van der Waals surface area contributed by atoms with E-state index in [0.717, 1.165) is 6.07 Å². The standard InChI is InChI=1S/C28H34O15/c1-10-21(32)23(34)25(36)27(40-10)39-9-19-22(33)24(35)26(37)28(43-19)41-12-6-14(30)20-15(31)8-17(42-18(20)7-12)11-3-4-16(38-2)13(29)5-11/h3-7,10,17,19,21-30,32-37H,8-9H2,1-2H3/t10-,17-,19+,21+,22-,23+,24-,25-,26-,27+,28+/m0/s1. The van der Waals surface area contributed by atoms with E-state index >= 15 is 0 Å². The number of carbonyl (C=O) groups excluding carboxylic acids is 1. The molecule has 0 unspecified atom stereocenters. The Hall–Kier alpha value is -3.25. The first-order chi connectivity index (χ1) is 20.4. The molecule has 0 bridgehead atoms. The normalized spacial score (nSPS) is 36.0. The molecule has 5 rings (SSSR count). The predicted molar refractivity (Wildman–Crippen MR) is 141 cm³/mol. The smallest absolute Gasteiger partial charge is 0.229 e. The molecule has 0 saturated carbocycles. The van der Waals surface area contributed by atoms with Gasteiger partial charge >= 0.3 is 0 Å². The van der Waals surface area contributed by atoms with Gasteiger partial charge in [0.25, 0.3) is 0 Å². The lowest BCUT2D eigenvalue weighted by atomic mass is 9.95. The average molecular weight is 611 g/mol. The molecule has 0 aliphatic carbocycles. The number of fused-ring (bicyclic) bond motifs is 1. The van der Waals surface area contributed by atoms with Crippen LogP contribution < -0.4 is 14.2 Å². The van der Waals surface area contributed by atoms with Crippen molar-refractivity contribution in [2.45, 2.75) is 80.9 Å². The van der Waals surface area contributed by atoms with E-state index in [2.05, 4.69) is 0 Å². The van der Waals surface area contributed by atoms with Crippen LogP contribution in [0.25, 0.3) is 0 Å². The first-order valence-corrected chi connectivity index (χ1v) is 13.5. The number of Topliss-reactive ketones (excluding diaryl/α,β-unsaturated/α-hetero) is 1. The number of rotatable bonds is 7. The third kappa shape index (κ3) is 6.08. The zero-order valence-corrected chi connectivity index (χ0v) is 23.1. The molecule has 11 atom stereocenters. The second-order valence-corrected chi connectivity index (χ2v) is 10.6. The highest BCUT2D eigenvalue weighted by molar-refractivity contribution is 6.02. The van der Waals surface area contributed by atoms with Crippen LogP contribution in [0.15, 0.2) is 30.3 Å². The SMILES string of the molecule is COc1ccc([C@@H]2CC(=O)c3c(O)cc(O[C@@H]4O[C@H](CO[C@@H]5O[C@@H](C)[C@@H](O)[C@@H](O)[C@@H]5O)[C@H](O)[C@H](O)[C@@H]4O)cc3O2)cc1O. The fraction of sp³-hybridized carbons (Fsp3) is 0.536. The van der Waals surface area contributed by atoms with Gasteiger partial charge in [0.05, 0.1) is 26.2 Å². The molecule has 8 N–H and O–H groups in total. The highest BCUT2D eigenvalue weighted by Gasteiger charge is 2.47. The van der Waals surface area contributed by atoms with Crippen molar-refractivity contribution in [3.05, 3.63) is 41.5 Å². The van der Waals surface area contributed by atoms with Crippen LogP contribution in [-0.2, 0) is 14.2 Å². The number of phenols is 2. The topological polar surface area (TPSA) is 234 Å². The molecule has 0 spiro atoms. The van der Waals surface area contributed by atoms with E-state index < -0.39 is 85.7 Å². The van der Waals surface area contributed by atoms with Crippen molar-refractivity contribution in [3.8, 4) is 28.7 Å². The maximum Gasteiger partial charge on any atom is 0.229 e. The summed E-state index contributed by atoms with van der Waals surface area (Å²) in [6, 6.07) is 6.90. The predicted octanol–water partition coefficient (Wildman–Crippen LogP) is -1.16. The van der Waals surface area contributed by atoms with Crippen LogP contribution in [0, 0.1) is 0 Å². The molecule has 2 aromatic rings. The van der Waals surface area contributed by atoms with E-state index in [9.17, 15) is 45.6 Å². The van der Waals surface area contributed by atoms with Gasteiger partial charge < -0.3 is 69.3 Å². The number of carbonyl (C=O) groups is 1. The number of ketones is 1. The molecule has 2 saturated heterocycles. The zero-order chi connectivity index (χ0) is 31.2. The van der Waals surface area contributed by atoms with Gasteiger partial charge in [-0.3, -0.25) is 4.79 Å². The maximum absolute atomic E-state index is 12.9. The number of aliphatic hydroxyl groups excluding tert-OH is 6. The lowest BCUT2D eigenvalue weighted by molar-refractivity contribution is -0.318. The van der Waals surface area contributed by atoms with E-state index in [1.165, 1.54) is 32.2 Å². The molecule has 15 nitrogen and oxygen atoms in total. The van der Waals surface area contributed by atoms with Gasteiger partial charge in [0, 0.05) is 12.1 Å². The van der Waals surface area contributed by atoms with Crippen molar-refractivity contribution in [3.63, 3.8) is 0 Å². The fourth-order valence-electron chi connectivity index (χ4n) is 5.20. The van der Waals surface area contributed by atoms with Crippen molar-refractivity contribution in [2.24, 2.45) is 0 Å². The van der Waals surface area contributed by atoms with Crippen LogP contribution in [0.5, 0.6) is 28.7 Å². The number of aromatic hydroxyl groups is 2. The van der Waals surface area contributed by atoms with Gasteiger partial charge in [0.1, 0.15) is 71.6 Å². The Morgan fingerprint density at radius 3 is 2.23 bits per heavy atom. The third-order valence-corrected chi connectivity index (χ3v) is 7.70. The monoisotopic (exact) mass is 610 g/mol. The molecule has 15 heteroatoms. The van der Waals surface area contributed by atoms with E-state index in [1.807, 2.05) is 0 Å². The maximum atomic E-state index is 12.9. The minimum atomic E-state index is -1.77. The van der Waals surface area contributed by atoms with E-state index in [1.54, 1.807) is 6.07 Å². The first kappa shape index (κ1) is 31.2. The van der Waals surface area contributed by atoms with E-state index in [0.29, 0.717) is 5.56 Å². The Balaban J connectivity index is 1.30. The molecule has 43 heavy (non-hydrogen) atoms. The molecule has 3 heterocycles. The van der Waals surface area contributed by atoms with Crippen molar-refractivity contribution in [1.29, 1.82) is 0 Å². The molecular formula is C28H34O15. The summed E-state index contributed by atoms with van der Waals surface area (Å²) in [6.07, 6.45) is -15.9. The third-order valence-electron chi connectivity index (χ3n) is 7.70. The van der Waals surface area contributed by atoms with Crippen LogP contribution in [0.1, 0.15) is 35.4 Å². The number of ether oxygens (including phenoxy) is 6. The summed E-state index contributed by atoms with van der Waals surface area (Å²) in [4.78, 5) is 12.9. The average Bonchev–Trinajstić information content (AvgIpc) is 2.97. The quantitative estimate of drug-likeness (QED) is 0.185. The van der Waals surface area contributed by atoms with Crippen LogP contribution in [0.2, 0.25) is 0 Å². The molecule has 2 fully saturated rings. The minimum absolute atomic E-state index is 0.0457. The zero-order valence-electron chi connectivity index (χ0n) is 23.1. The van der Waals surface area contributed by atoms with Gasteiger partial charge in [-0.1, -0.05) is 6.07 Å². The van der Waals surface area contributed by atoms with E-state index in [4.69, 9.17) is 28.4 Å². The highest BCUT2D eigenvalue weighted by Crippen LogP contribution is 2.43. The number of benzene rings is 2. The van der Waals surface area contributed by atoms with Gasteiger partial charge in [0.2, 0.25) is 6.29 Å². The summed E-state index contributed by atoms with van der Waals surface area (Å²) in [5.41, 5.74) is 0.373. The number of hydrogen-bond acceptors (Lipinski definition) is 15. The largest absolute Gasteiger partial charge is 0.507 e. The van der Waals surface area contributed by atoms with Crippen LogP contribution in [-0.4, -0.2) is 122 Å². The van der Waals surface area contributed by atoms with Gasteiger partial charge in [-0.05, 0) is 24.6 Å². The summed E-state index contributed by atoms with van der Waals surface area (Å²) < 4.78 is 33.1. The fourth-order valence-corrected chi connectivity index (χ4v) is 5.20. The lowest BCUT2D eigenvalue weighted by Crippen LogP contribution is -2.61. The highest BCUT2D eigenvalue weighted by atomic mass is 16.7. The summed E-state index contributed by atoms with van der Waals surface area (Å²) in [5, 5.41) is 82.2. The Morgan fingerprint density at radius 2 is 1.53 bits per heavy atom. The summed E-state index contributed by atoms with van der Waals surface area (Å²) in [7, 11) is 1.39. The Morgan fingerprint density at radius 1 is 0.837 bits per heavy atom. The van der Waals surface area contributed by atoms with Crippen molar-refractivity contribution in [2.75, 3.05) is 13.7 Å². The van der Waals surface area contributed by atoms with Crippen LogP contribution in [0.4, 0.5) is 0 Å². The van der Waals surface area contributed by atoms with Gasteiger partial charge in [-0.25, -0.2) is 0 Å². The second-order valence-electron chi connectivity index (χ2n) is 10.6. The molecule has 3 aliphatic heterocycles. The number of aliphatic hydroxyl groups is 6. The molecule has 3 aliphatic rings. The Labute approximate surface area is 245 Å². The van der Waals surface area contributed by atoms with Gasteiger partial charge in [-0.2, -0.15) is 0 Å². The molecule has 0 aromatic heterocycles. The molecule has 0 amide bonds. The van der Waals surface area contributed by atoms with Crippen molar-refractivity contribution < 1.29 is 74.1 Å². The number of methoxy groups -OCH3 is 1.